The number of thiazole rings is 1. The largest absolute Gasteiger partial charge is 0.465 e. The first-order chi connectivity index (χ1) is 14.0. The summed E-state index contributed by atoms with van der Waals surface area (Å²) in [4.78, 5) is 28.5. The molecule has 0 aliphatic rings. The molecule has 0 bridgehead atoms. The van der Waals surface area contributed by atoms with Crippen molar-refractivity contribution in [3.05, 3.63) is 64.0 Å². The van der Waals surface area contributed by atoms with Crippen LogP contribution in [0.15, 0.2) is 41.4 Å². The highest BCUT2D eigenvalue weighted by atomic mass is 32.1. The number of carbonyl (C=O) groups excluding carboxylic acids is 2. The van der Waals surface area contributed by atoms with Gasteiger partial charge in [-0.15, -0.1) is 0 Å². The van der Waals surface area contributed by atoms with E-state index in [4.69, 9.17) is 9.47 Å². The van der Waals surface area contributed by atoms with Gasteiger partial charge in [-0.3, -0.25) is 4.79 Å². The summed E-state index contributed by atoms with van der Waals surface area (Å²) in [7, 11) is 1.28. The number of amides is 1. The van der Waals surface area contributed by atoms with Crippen molar-refractivity contribution in [3.63, 3.8) is 0 Å². The number of nitrogens with zero attached hydrogens (tertiary/aromatic N) is 2. The average molecular weight is 420 g/mol. The maximum atomic E-state index is 13.9. The summed E-state index contributed by atoms with van der Waals surface area (Å²) in [5, 5.41) is 0. The van der Waals surface area contributed by atoms with Gasteiger partial charge in [0.15, 0.2) is 4.80 Å². The van der Waals surface area contributed by atoms with Crippen molar-refractivity contribution >= 4 is 33.4 Å². The smallest absolute Gasteiger partial charge is 0.337 e. The zero-order valence-corrected chi connectivity index (χ0v) is 16.6. The predicted molar refractivity (Wildman–Crippen MR) is 104 cm³/mol. The molecule has 0 aliphatic carbocycles. The van der Waals surface area contributed by atoms with Gasteiger partial charge in [-0.2, -0.15) is 4.99 Å². The molecule has 0 atom stereocenters. The lowest BCUT2D eigenvalue weighted by atomic mass is 10.2. The van der Waals surface area contributed by atoms with Crippen LogP contribution >= 0.6 is 11.3 Å². The minimum Gasteiger partial charge on any atom is -0.465 e. The molecule has 152 valence electrons. The highest BCUT2D eigenvalue weighted by Gasteiger charge is 2.18. The molecule has 1 amide bonds. The van der Waals surface area contributed by atoms with Crippen LogP contribution in [0.1, 0.15) is 27.6 Å². The third kappa shape index (κ3) is 4.41. The highest BCUT2D eigenvalue weighted by Crippen LogP contribution is 2.20. The SMILES string of the molecule is CCOCCn1c(=NC(=O)c2c(F)cccc2F)sc2cc(C(=O)OC)ccc21. The summed E-state index contributed by atoms with van der Waals surface area (Å²) in [5.41, 5.74) is 0.343. The fourth-order valence-corrected chi connectivity index (χ4v) is 3.86. The van der Waals surface area contributed by atoms with Crippen LogP contribution in [-0.2, 0) is 16.0 Å². The number of rotatable bonds is 6. The van der Waals surface area contributed by atoms with E-state index >= 15 is 0 Å². The number of esters is 1. The Morgan fingerprint density at radius 1 is 1.17 bits per heavy atom. The Bertz CT molecular complexity index is 1120. The minimum absolute atomic E-state index is 0.245. The molecule has 0 fully saturated rings. The van der Waals surface area contributed by atoms with E-state index in [2.05, 4.69) is 4.99 Å². The first-order valence-corrected chi connectivity index (χ1v) is 9.60. The van der Waals surface area contributed by atoms with Gasteiger partial charge in [-0.05, 0) is 37.3 Å². The van der Waals surface area contributed by atoms with Gasteiger partial charge in [0.05, 0.1) is 29.5 Å². The molecule has 3 rings (SSSR count). The normalized spacial score (nSPS) is 11.8. The molecular weight excluding hydrogens is 402 g/mol. The van der Waals surface area contributed by atoms with Crippen molar-refractivity contribution in [1.82, 2.24) is 4.57 Å². The molecule has 6 nitrogen and oxygen atoms in total. The van der Waals surface area contributed by atoms with Gasteiger partial charge in [0, 0.05) is 13.2 Å². The van der Waals surface area contributed by atoms with Crippen LogP contribution in [0, 0.1) is 11.6 Å². The Labute approximate surface area is 169 Å². The van der Waals surface area contributed by atoms with Crippen LogP contribution in [0.5, 0.6) is 0 Å². The summed E-state index contributed by atoms with van der Waals surface area (Å²) < 4.78 is 40.4. The third-order valence-electron chi connectivity index (χ3n) is 4.14. The second kappa shape index (κ2) is 9.06. The second-order valence-corrected chi connectivity index (χ2v) is 6.93. The molecule has 0 saturated carbocycles. The monoisotopic (exact) mass is 420 g/mol. The van der Waals surface area contributed by atoms with E-state index in [0.29, 0.717) is 35.5 Å². The fourth-order valence-electron chi connectivity index (χ4n) is 2.76. The van der Waals surface area contributed by atoms with Crippen LogP contribution in [0.4, 0.5) is 8.78 Å². The summed E-state index contributed by atoms with van der Waals surface area (Å²) in [6.45, 7) is 3.10. The Hall–Kier alpha value is -2.91. The molecule has 0 aliphatic heterocycles. The summed E-state index contributed by atoms with van der Waals surface area (Å²) in [6, 6.07) is 8.11. The molecular formula is C20H18F2N2O4S. The zero-order chi connectivity index (χ0) is 21.0. The minimum atomic E-state index is -1.02. The number of ether oxygens (including phenoxy) is 2. The van der Waals surface area contributed by atoms with Crippen molar-refractivity contribution in [3.8, 4) is 0 Å². The van der Waals surface area contributed by atoms with Gasteiger partial charge < -0.3 is 14.0 Å². The van der Waals surface area contributed by atoms with Crippen molar-refractivity contribution in [1.29, 1.82) is 0 Å². The number of aromatic nitrogens is 1. The highest BCUT2D eigenvalue weighted by molar-refractivity contribution is 7.16. The van der Waals surface area contributed by atoms with Gasteiger partial charge in [0.1, 0.15) is 17.2 Å². The molecule has 0 radical (unpaired) electrons. The molecule has 0 spiro atoms. The molecule has 3 aromatic rings. The van der Waals surface area contributed by atoms with E-state index in [1.807, 2.05) is 6.92 Å². The van der Waals surface area contributed by atoms with Crippen LogP contribution in [0.3, 0.4) is 0 Å². The van der Waals surface area contributed by atoms with E-state index in [9.17, 15) is 18.4 Å². The maximum absolute atomic E-state index is 13.9. The molecule has 2 aromatic carbocycles. The molecule has 0 saturated heterocycles. The van der Waals surface area contributed by atoms with Gasteiger partial charge in [-0.25, -0.2) is 13.6 Å². The number of methoxy groups -OCH3 is 1. The number of hydrogen-bond donors (Lipinski definition) is 0. The second-order valence-electron chi connectivity index (χ2n) is 5.92. The predicted octanol–water partition coefficient (Wildman–Crippen LogP) is 3.55. The average Bonchev–Trinajstić information content (AvgIpc) is 3.03. The molecule has 0 N–H and O–H groups in total. The lowest BCUT2D eigenvalue weighted by Gasteiger charge is -2.06. The van der Waals surface area contributed by atoms with Crippen LogP contribution in [0.25, 0.3) is 10.2 Å². The van der Waals surface area contributed by atoms with Gasteiger partial charge in [0.2, 0.25) is 0 Å². The van der Waals surface area contributed by atoms with Crippen LogP contribution in [-0.4, -0.2) is 36.8 Å². The Morgan fingerprint density at radius 2 is 1.90 bits per heavy atom. The van der Waals surface area contributed by atoms with Crippen molar-refractivity contribution in [2.75, 3.05) is 20.3 Å². The van der Waals surface area contributed by atoms with Gasteiger partial charge in [-0.1, -0.05) is 17.4 Å². The molecule has 1 aromatic heterocycles. The zero-order valence-electron chi connectivity index (χ0n) is 15.8. The number of benzene rings is 2. The fraction of sp³-hybridized carbons (Fsp3) is 0.250. The van der Waals surface area contributed by atoms with Gasteiger partial charge in [0.25, 0.3) is 5.91 Å². The van der Waals surface area contributed by atoms with E-state index in [1.54, 1.807) is 22.8 Å². The third-order valence-corrected chi connectivity index (χ3v) is 5.18. The Morgan fingerprint density at radius 3 is 2.55 bits per heavy atom. The molecule has 9 heteroatoms. The summed E-state index contributed by atoms with van der Waals surface area (Å²) >= 11 is 1.13. The maximum Gasteiger partial charge on any atom is 0.337 e. The summed E-state index contributed by atoms with van der Waals surface area (Å²) in [6.07, 6.45) is 0. The van der Waals surface area contributed by atoms with E-state index < -0.39 is 29.1 Å². The van der Waals surface area contributed by atoms with Gasteiger partial charge >= 0.3 is 5.97 Å². The lowest BCUT2D eigenvalue weighted by Crippen LogP contribution is -2.20. The van der Waals surface area contributed by atoms with Crippen molar-refractivity contribution in [2.45, 2.75) is 13.5 Å². The standard InChI is InChI=1S/C20H18F2N2O4S/c1-3-28-10-9-24-15-8-7-12(19(26)27-2)11-16(15)29-20(24)23-18(25)17-13(21)5-4-6-14(17)22/h4-8,11H,3,9-10H2,1-2H3. The first-order valence-electron chi connectivity index (χ1n) is 8.78. The van der Waals surface area contributed by atoms with Crippen LogP contribution in [0.2, 0.25) is 0 Å². The quantitative estimate of drug-likeness (QED) is 0.452. The number of hydrogen-bond acceptors (Lipinski definition) is 5. The topological polar surface area (TPSA) is 69.9 Å². The Kier molecular flexibility index (Phi) is 6.50. The Balaban J connectivity index is 2.13. The number of halogens is 2. The van der Waals surface area contributed by atoms with Crippen LogP contribution < -0.4 is 4.80 Å². The molecule has 29 heavy (non-hydrogen) atoms. The van der Waals surface area contributed by atoms with Crippen molar-refractivity contribution < 1.29 is 27.8 Å². The lowest BCUT2D eigenvalue weighted by molar-refractivity contribution is 0.0600. The molecule has 1 heterocycles. The van der Waals surface area contributed by atoms with E-state index in [0.717, 1.165) is 23.5 Å². The van der Waals surface area contributed by atoms with E-state index in [-0.39, 0.29) is 4.80 Å². The van der Waals surface area contributed by atoms with E-state index in [1.165, 1.54) is 13.2 Å². The summed E-state index contributed by atoms with van der Waals surface area (Å²) in [5.74, 6) is -3.47. The number of carbonyl (C=O) groups is 2. The first kappa shape index (κ1) is 20.8. The molecule has 0 unspecified atom stereocenters. The van der Waals surface area contributed by atoms with Crippen molar-refractivity contribution in [2.24, 2.45) is 4.99 Å². The number of fused-ring (bicyclic) bond motifs is 1.